The fraction of sp³-hybridized carbons (Fsp3) is 0.318. The molecule has 0 bridgehead atoms. The number of nitrogens with one attached hydrogen (secondary N) is 1. The Labute approximate surface area is 167 Å². The number of hydrogen-bond donors (Lipinski definition) is 1. The second-order valence-corrected chi connectivity index (χ2v) is 7.35. The van der Waals surface area contributed by atoms with Gasteiger partial charge >= 0.3 is 5.69 Å². The maximum absolute atomic E-state index is 13.1. The molecular formula is C22H23N3O4. The second-order valence-electron chi connectivity index (χ2n) is 7.35. The fourth-order valence-corrected chi connectivity index (χ4v) is 3.66. The van der Waals surface area contributed by atoms with Crippen LogP contribution in [0.4, 0.5) is 5.69 Å². The summed E-state index contributed by atoms with van der Waals surface area (Å²) in [6, 6.07) is 14.3. The van der Waals surface area contributed by atoms with Crippen LogP contribution in [0.5, 0.6) is 0 Å². The van der Waals surface area contributed by atoms with Crippen LogP contribution in [0.3, 0.4) is 0 Å². The van der Waals surface area contributed by atoms with Crippen molar-refractivity contribution in [1.29, 1.82) is 0 Å². The second kappa shape index (κ2) is 8.05. The molecule has 0 aliphatic carbocycles. The van der Waals surface area contributed by atoms with Crippen molar-refractivity contribution in [3.8, 4) is 0 Å². The number of carbonyl (C=O) groups is 1. The lowest BCUT2D eigenvalue weighted by molar-refractivity contribution is -0.116. The lowest BCUT2D eigenvalue weighted by Crippen LogP contribution is -2.43. The number of anilines is 1. The molecule has 7 heteroatoms. The first-order valence-corrected chi connectivity index (χ1v) is 9.73. The summed E-state index contributed by atoms with van der Waals surface area (Å²) in [6.45, 7) is 2.62. The van der Waals surface area contributed by atoms with Crippen molar-refractivity contribution < 1.29 is 9.53 Å². The summed E-state index contributed by atoms with van der Waals surface area (Å²) in [5.74, 6) is -0.330. The van der Waals surface area contributed by atoms with Crippen molar-refractivity contribution >= 4 is 22.5 Å². The number of carbonyl (C=O) groups excluding carboxylic acids is 1. The first kappa shape index (κ1) is 19.1. The molecule has 1 atom stereocenters. The lowest BCUT2D eigenvalue weighted by atomic mass is 10.2. The van der Waals surface area contributed by atoms with Gasteiger partial charge < -0.3 is 10.1 Å². The van der Waals surface area contributed by atoms with E-state index in [2.05, 4.69) is 5.32 Å². The van der Waals surface area contributed by atoms with E-state index in [9.17, 15) is 14.4 Å². The molecule has 29 heavy (non-hydrogen) atoms. The molecule has 1 amide bonds. The molecule has 2 heterocycles. The average Bonchev–Trinajstić information content (AvgIpc) is 3.23. The molecule has 0 saturated carbocycles. The van der Waals surface area contributed by atoms with E-state index in [-0.39, 0.29) is 30.7 Å². The summed E-state index contributed by atoms with van der Waals surface area (Å²) in [7, 11) is 0. The summed E-state index contributed by atoms with van der Waals surface area (Å²) in [5, 5.41) is 3.22. The SMILES string of the molecule is Cc1ccc(NC(=O)Cn2c(=O)n(CC3CCCO3)c(=O)c3ccccc32)cc1. The van der Waals surface area contributed by atoms with E-state index in [0.29, 0.717) is 23.2 Å². The molecule has 2 aromatic carbocycles. The molecule has 3 aromatic rings. The van der Waals surface area contributed by atoms with Crippen LogP contribution in [0, 0.1) is 6.92 Å². The zero-order chi connectivity index (χ0) is 20.4. The predicted octanol–water partition coefficient (Wildman–Crippen LogP) is 2.29. The van der Waals surface area contributed by atoms with Gasteiger partial charge in [-0.25, -0.2) is 4.79 Å². The topological polar surface area (TPSA) is 82.3 Å². The maximum atomic E-state index is 13.1. The lowest BCUT2D eigenvalue weighted by Gasteiger charge is -2.16. The van der Waals surface area contributed by atoms with Crippen LogP contribution in [-0.4, -0.2) is 27.8 Å². The number of aromatic nitrogens is 2. The van der Waals surface area contributed by atoms with Crippen LogP contribution in [-0.2, 0) is 22.6 Å². The summed E-state index contributed by atoms with van der Waals surface area (Å²) in [4.78, 5) is 38.6. The minimum atomic E-state index is -0.497. The highest BCUT2D eigenvalue weighted by molar-refractivity contribution is 5.91. The highest BCUT2D eigenvalue weighted by Gasteiger charge is 2.21. The van der Waals surface area contributed by atoms with Crippen molar-refractivity contribution in [1.82, 2.24) is 9.13 Å². The Hall–Kier alpha value is -3.19. The van der Waals surface area contributed by atoms with Gasteiger partial charge in [0.25, 0.3) is 5.56 Å². The monoisotopic (exact) mass is 393 g/mol. The van der Waals surface area contributed by atoms with Gasteiger partial charge in [-0.1, -0.05) is 29.8 Å². The third-order valence-electron chi connectivity index (χ3n) is 5.18. The standard InChI is InChI=1S/C22H23N3O4/c1-15-8-10-16(11-9-15)23-20(26)14-24-19-7-3-2-6-18(19)21(27)25(22(24)28)13-17-5-4-12-29-17/h2-3,6-11,17H,4-5,12-14H2,1H3,(H,23,26). The van der Waals surface area contributed by atoms with Crippen molar-refractivity contribution in [2.45, 2.75) is 39.0 Å². The fourth-order valence-electron chi connectivity index (χ4n) is 3.66. The number of fused-ring (bicyclic) bond motifs is 1. The number of benzene rings is 2. The quantitative estimate of drug-likeness (QED) is 0.721. The van der Waals surface area contributed by atoms with Gasteiger partial charge in [-0.05, 0) is 44.0 Å². The highest BCUT2D eigenvalue weighted by Crippen LogP contribution is 2.14. The van der Waals surface area contributed by atoms with Gasteiger partial charge in [0.2, 0.25) is 5.91 Å². The summed E-state index contributed by atoms with van der Waals surface area (Å²) in [5.41, 5.74) is 1.35. The molecule has 7 nitrogen and oxygen atoms in total. The van der Waals surface area contributed by atoms with E-state index >= 15 is 0 Å². The number of nitrogens with zero attached hydrogens (tertiary/aromatic N) is 2. The smallest absolute Gasteiger partial charge is 0.332 e. The van der Waals surface area contributed by atoms with Crippen molar-refractivity contribution in [3.63, 3.8) is 0 Å². The van der Waals surface area contributed by atoms with E-state index in [1.54, 1.807) is 24.3 Å². The Morgan fingerprint density at radius 3 is 2.59 bits per heavy atom. The number of ether oxygens (including phenoxy) is 1. The largest absolute Gasteiger partial charge is 0.376 e. The molecule has 1 saturated heterocycles. The molecule has 1 aliphatic rings. The number of para-hydroxylation sites is 1. The van der Waals surface area contributed by atoms with E-state index in [1.165, 1.54) is 9.13 Å². The predicted molar refractivity (Wildman–Crippen MR) is 111 cm³/mol. The van der Waals surface area contributed by atoms with E-state index in [1.807, 2.05) is 31.2 Å². The van der Waals surface area contributed by atoms with Crippen molar-refractivity contribution in [3.05, 3.63) is 74.9 Å². The third-order valence-corrected chi connectivity index (χ3v) is 5.18. The minimum Gasteiger partial charge on any atom is -0.376 e. The maximum Gasteiger partial charge on any atom is 0.332 e. The zero-order valence-electron chi connectivity index (χ0n) is 16.3. The normalized spacial score (nSPS) is 16.2. The van der Waals surface area contributed by atoms with E-state index in [4.69, 9.17) is 4.74 Å². The Balaban J connectivity index is 1.70. The van der Waals surface area contributed by atoms with Gasteiger partial charge in [-0.15, -0.1) is 0 Å². The summed E-state index contributed by atoms with van der Waals surface area (Å²) >= 11 is 0. The zero-order valence-corrected chi connectivity index (χ0v) is 16.3. The van der Waals surface area contributed by atoms with Crippen molar-refractivity contribution in [2.75, 3.05) is 11.9 Å². The Morgan fingerprint density at radius 1 is 1.10 bits per heavy atom. The van der Waals surface area contributed by atoms with Crippen LogP contribution >= 0.6 is 0 Å². The van der Waals surface area contributed by atoms with Gasteiger partial charge in [0.1, 0.15) is 6.54 Å². The van der Waals surface area contributed by atoms with Crippen LogP contribution < -0.4 is 16.6 Å². The molecule has 1 aromatic heterocycles. The Morgan fingerprint density at radius 2 is 1.86 bits per heavy atom. The molecule has 1 unspecified atom stereocenters. The van der Waals surface area contributed by atoms with Gasteiger partial charge in [-0.3, -0.25) is 18.7 Å². The van der Waals surface area contributed by atoms with Gasteiger partial charge in [-0.2, -0.15) is 0 Å². The first-order valence-electron chi connectivity index (χ1n) is 9.73. The molecule has 0 spiro atoms. The van der Waals surface area contributed by atoms with Crippen LogP contribution in [0.15, 0.2) is 58.1 Å². The molecule has 0 radical (unpaired) electrons. The minimum absolute atomic E-state index is 0.156. The summed E-state index contributed by atoms with van der Waals surface area (Å²) < 4.78 is 8.15. The number of aryl methyl sites for hydroxylation is 1. The molecule has 1 fully saturated rings. The Bertz CT molecular complexity index is 1160. The third kappa shape index (κ3) is 4.00. The number of hydrogen-bond acceptors (Lipinski definition) is 4. The van der Waals surface area contributed by atoms with Crippen LogP contribution in [0.25, 0.3) is 10.9 Å². The highest BCUT2D eigenvalue weighted by atomic mass is 16.5. The molecule has 4 rings (SSSR count). The van der Waals surface area contributed by atoms with Gasteiger partial charge in [0.05, 0.1) is 23.6 Å². The van der Waals surface area contributed by atoms with Crippen LogP contribution in [0.1, 0.15) is 18.4 Å². The Kier molecular flexibility index (Phi) is 5.31. The van der Waals surface area contributed by atoms with E-state index < -0.39 is 5.69 Å². The number of rotatable bonds is 5. The molecule has 1 N–H and O–H groups in total. The summed E-state index contributed by atoms with van der Waals surface area (Å²) in [6.07, 6.45) is 1.57. The molecular weight excluding hydrogens is 370 g/mol. The average molecular weight is 393 g/mol. The van der Waals surface area contributed by atoms with Gasteiger partial charge in [0.15, 0.2) is 0 Å². The van der Waals surface area contributed by atoms with Gasteiger partial charge in [0, 0.05) is 12.3 Å². The van der Waals surface area contributed by atoms with Crippen LogP contribution in [0.2, 0.25) is 0 Å². The molecule has 1 aliphatic heterocycles. The van der Waals surface area contributed by atoms with Crippen molar-refractivity contribution in [2.24, 2.45) is 0 Å². The van der Waals surface area contributed by atoms with E-state index in [0.717, 1.165) is 18.4 Å². The number of amides is 1. The molecule has 150 valence electrons. The first-order chi connectivity index (χ1) is 14.0.